The molecule has 3 rings (SSSR count). The number of benzene rings is 1. The molecule has 2 N–H and O–H groups in total. The first kappa shape index (κ1) is 11.3. The number of aromatic nitrogens is 2. The number of nitrogens with zero attached hydrogens (tertiary/aromatic N) is 2. The summed E-state index contributed by atoms with van der Waals surface area (Å²) < 4.78 is 2.04. The van der Waals surface area contributed by atoms with Crippen LogP contribution in [0.2, 0.25) is 0 Å². The van der Waals surface area contributed by atoms with Gasteiger partial charge < -0.3 is 5.73 Å². The molecule has 1 heterocycles. The molecule has 1 aliphatic rings. The van der Waals surface area contributed by atoms with Crippen LogP contribution >= 0.6 is 0 Å². The van der Waals surface area contributed by atoms with Crippen molar-refractivity contribution >= 4 is 5.69 Å². The van der Waals surface area contributed by atoms with Crippen molar-refractivity contribution in [2.24, 2.45) is 5.92 Å². The Morgan fingerprint density at radius 2 is 2.06 bits per heavy atom. The van der Waals surface area contributed by atoms with Crippen LogP contribution in [-0.2, 0) is 0 Å². The Hall–Kier alpha value is -1.77. The van der Waals surface area contributed by atoms with Crippen LogP contribution in [0.1, 0.15) is 31.4 Å². The normalized spacial score (nSPS) is 16.8. The molecule has 1 atom stereocenters. The van der Waals surface area contributed by atoms with Crippen LogP contribution in [0, 0.1) is 12.8 Å². The molecule has 1 aromatic heterocycles. The Balaban J connectivity index is 2.00. The lowest BCUT2D eigenvalue weighted by atomic mass is 10.1. The van der Waals surface area contributed by atoms with Gasteiger partial charge in [0.25, 0.3) is 0 Å². The summed E-state index contributed by atoms with van der Waals surface area (Å²) in [5, 5.41) is 4.69. The van der Waals surface area contributed by atoms with Crippen molar-refractivity contribution in [1.29, 1.82) is 0 Å². The summed E-state index contributed by atoms with van der Waals surface area (Å²) in [5.74, 6) is 0.786. The van der Waals surface area contributed by atoms with Gasteiger partial charge in [-0.1, -0.05) is 24.3 Å². The van der Waals surface area contributed by atoms with E-state index >= 15 is 0 Å². The molecule has 0 radical (unpaired) electrons. The molecule has 1 aromatic carbocycles. The predicted molar refractivity (Wildman–Crippen MR) is 74.2 cm³/mol. The van der Waals surface area contributed by atoms with Gasteiger partial charge in [0.15, 0.2) is 0 Å². The van der Waals surface area contributed by atoms with E-state index in [9.17, 15) is 0 Å². The highest BCUT2D eigenvalue weighted by molar-refractivity contribution is 5.74. The average Bonchev–Trinajstić information content (AvgIpc) is 3.13. The molecule has 0 aliphatic heterocycles. The van der Waals surface area contributed by atoms with Crippen LogP contribution in [0.4, 0.5) is 5.69 Å². The van der Waals surface area contributed by atoms with Gasteiger partial charge in [-0.25, -0.2) is 0 Å². The molecule has 94 valence electrons. The van der Waals surface area contributed by atoms with Crippen molar-refractivity contribution < 1.29 is 0 Å². The van der Waals surface area contributed by atoms with Crippen LogP contribution in [0.5, 0.6) is 0 Å². The second-order valence-electron chi connectivity index (χ2n) is 5.31. The van der Waals surface area contributed by atoms with Crippen molar-refractivity contribution in [1.82, 2.24) is 9.78 Å². The molecule has 0 spiro atoms. The molecule has 3 nitrogen and oxygen atoms in total. The predicted octanol–water partition coefficient (Wildman–Crippen LogP) is 3.41. The van der Waals surface area contributed by atoms with Gasteiger partial charge in [0, 0.05) is 11.8 Å². The average molecular weight is 241 g/mol. The van der Waals surface area contributed by atoms with E-state index in [0.717, 1.165) is 22.9 Å². The number of anilines is 1. The molecule has 0 saturated heterocycles. The Morgan fingerprint density at radius 3 is 2.72 bits per heavy atom. The Labute approximate surface area is 108 Å². The maximum atomic E-state index is 6.12. The van der Waals surface area contributed by atoms with Gasteiger partial charge in [0.2, 0.25) is 0 Å². The first-order valence-electron chi connectivity index (χ1n) is 6.57. The Bertz CT molecular complexity index is 567. The summed E-state index contributed by atoms with van der Waals surface area (Å²) in [4.78, 5) is 0. The zero-order valence-electron chi connectivity index (χ0n) is 10.9. The molecule has 1 fully saturated rings. The van der Waals surface area contributed by atoms with E-state index in [1.807, 2.05) is 23.0 Å². The zero-order valence-corrected chi connectivity index (χ0v) is 10.9. The largest absolute Gasteiger partial charge is 0.396 e. The van der Waals surface area contributed by atoms with Gasteiger partial charge in [-0.15, -0.1) is 0 Å². The lowest BCUT2D eigenvalue weighted by molar-refractivity contribution is 0.441. The zero-order chi connectivity index (χ0) is 12.7. The van der Waals surface area contributed by atoms with Crippen LogP contribution in [-0.4, -0.2) is 9.78 Å². The third-order valence-electron chi connectivity index (χ3n) is 3.88. The first-order valence-corrected chi connectivity index (χ1v) is 6.57. The number of hydrogen-bond acceptors (Lipinski definition) is 2. The van der Waals surface area contributed by atoms with E-state index in [-0.39, 0.29) is 0 Å². The number of nitrogen functional groups attached to an aromatic ring is 1. The number of aryl methyl sites for hydroxylation is 1. The number of nitrogens with two attached hydrogens (primary N) is 1. The summed E-state index contributed by atoms with van der Waals surface area (Å²) in [6.45, 7) is 4.32. The topological polar surface area (TPSA) is 43.8 Å². The maximum absolute atomic E-state index is 6.12. The molecule has 1 unspecified atom stereocenters. The van der Waals surface area contributed by atoms with E-state index in [1.165, 1.54) is 18.4 Å². The van der Waals surface area contributed by atoms with E-state index in [1.54, 1.807) is 0 Å². The van der Waals surface area contributed by atoms with Crippen molar-refractivity contribution in [3.63, 3.8) is 0 Å². The molecule has 0 amide bonds. The maximum Gasteiger partial charge on any atom is 0.115 e. The van der Waals surface area contributed by atoms with Gasteiger partial charge in [0.1, 0.15) is 5.69 Å². The SMILES string of the molecule is Cc1ccccc1-c1nn(C(C)C2CC2)cc1N. The third-order valence-corrected chi connectivity index (χ3v) is 3.88. The Morgan fingerprint density at radius 1 is 1.33 bits per heavy atom. The van der Waals surface area contributed by atoms with Crippen LogP contribution in [0.15, 0.2) is 30.5 Å². The second kappa shape index (κ2) is 4.16. The fraction of sp³-hybridized carbons (Fsp3) is 0.400. The molecule has 1 saturated carbocycles. The van der Waals surface area contributed by atoms with Crippen molar-refractivity contribution in [3.8, 4) is 11.3 Å². The smallest absolute Gasteiger partial charge is 0.115 e. The van der Waals surface area contributed by atoms with Crippen LogP contribution in [0.25, 0.3) is 11.3 Å². The summed E-state index contributed by atoms with van der Waals surface area (Å²) >= 11 is 0. The van der Waals surface area contributed by atoms with Crippen molar-refractivity contribution in [2.75, 3.05) is 5.73 Å². The quantitative estimate of drug-likeness (QED) is 0.894. The van der Waals surface area contributed by atoms with E-state index < -0.39 is 0 Å². The highest BCUT2D eigenvalue weighted by atomic mass is 15.3. The molecule has 1 aliphatic carbocycles. The lowest BCUT2D eigenvalue weighted by Gasteiger charge is -2.10. The van der Waals surface area contributed by atoms with Gasteiger partial charge in [0.05, 0.1) is 11.7 Å². The van der Waals surface area contributed by atoms with Crippen molar-refractivity contribution in [3.05, 3.63) is 36.0 Å². The molecule has 18 heavy (non-hydrogen) atoms. The first-order chi connectivity index (χ1) is 8.66. The summed E-state index contributed by atoms with van der Waals surface area (Å²) in [6, 6.07) is 8.72. The molecule has 0 bridgehead atoms. The fourth-order valence-corrected chi connectivity index (χ4v) is 2.46. The van der Waals surface area contributed by atoms with Crippen LogP contribution in [0.3, 0.4) is 0 Å². The summed E-state index contributed by atoms with van der Waals surface area (Å²) in [7, 11) is 0. The molecule has 2 aromatic rings. The summed E-state index contributed by atoms with van der Waals surface area (Å²) in [6.07, 6.45) is 4.62. The fourth-order valence-electron chi connectivity index (χ4n) is 2.46. The minimum atomic E-state index is 0.463. The summed E-state index contributed by atoms with van der Waals surface area (Å²) in [5.41, 5.74) is 10.2. The molecular formula is C15H19N3. The van der Waals surface area contributed by atoms with Gasteiger partial charge >= 0.3 is 0 Å². The number of rotatable bonds is 3. The number of hydrogen-bond donors (Lipinski definition) is 1. The van der Waals surface area contributed by atoms with E-state index in [4.69, 9.17) is 10.8 Å². The van der Waals surface area contributed by atoms with E-state index in [0.29, 0.717) is 6.04 Å². The van der Waals surface area contributed by atoms with Crippen molar-refractivity contribution in [2.45, 2.75) is 32.7 Å². The Kier molecular flexibility index (Phi) is 2.62. The van der Waals surface area contributed by atoms with Crippen LogP contribution < -0.4 is 5.73 Å². The standard InChI is InChI=1S/C15H19N3/c1-10-5-3-4-6-13(10)15-14(16)9-18(17-15)11(2)12-7-8-12/h3-6,9,11-12H,7-8,16H2,1-2H3. The van der Waals surface area contributed by atoms with E-state index in [2.05, 4.69) is 26.0 Å². The third kappa shape index (κ3) is 1.90. The molecular weight excluding hydrogens is 222 g/mol. The minimum absolute atomic E-state index is 0.463. The molecule has 3 heteroatoms. The highest BCUT2D eigenvalue weighted by Gasteiger charge is 2.30. The highest BCUT2D eigenvalue weighted by Crippen LogP contribution is 2.40. The monoisotopic (exact) mass is 241 g/mol. The van der Waals surface area contributed by atoms with Gasteiger partial charge in [-0.05, 0) is 38.2 Å². The lowest BCUT2D eigenvalue weighted by Crippen LogP contribution is -2.07. The van der Waals surface area contributed by atoms with Gasteiger partial charge in [-0.2, -0.15) is 5.10 Å². The minimum Gasteiger partial charge on any atom is -0.396 e. The second-order valence-corrected chi connectivity index (χ2v) is 5.31. The van der Waals surface area contributed by atoms with Gasteiger partial charge in [-0.3, -0.25) is 4.68 Å².